The number of Topliss-reactive ketones (excluding diaryl/α,β-unsaturated/α-hetero) is 1. The fourth-order valence-electron chi connectivity index (χ4n) is 3.44. The third-order valence-corrected chi connectivity index (χ3v) is 6.82. The largest absolute Gasteiger partial charge is 0.496 e. The fourth-order valence-corrected chi connectivity index (χ4v) is 4.78. The van der Waals surface area contributed by atoms with Crippen LogP contribution >= 0.6 is 27.7 Å². The topological polar surface area (TPSA) is 122 Å². The number of rotatable bonds is 14. The van der Waals surface area contributed by atoms with Gasteiger partial charge in [0.1, 0.15) is 11.8 Å². The molecule has 0 aromatic heterocycles. The second kappa shape index (κ2) is 14.6. The first kappa shape index (κ1) is 29.4. The van der Waals surface area contributed by atoms with Crippen LogP contribution in [0, 0.1) is 5.92 Å². The third kappa shape index (κ3) is 9.66. The summed E-state index contributed by atoms with van der Waals surface area (Å²) in [6, 6.07) is 12.7. The Kier molecular flexibility index (Phi) is 12.0. The van der Waals surface area contributed by atoms with Crippen molar-refractivity contribution in [3.8, 4) is 5.75 Å². The molecule has 0 aliphatic carbocycles. The van der Waals surface area contributed by atoms with Crippen molar-refractivity contribution in [3.63, 3.8) is 0 Å². The molecule has 2 aromatic rings. The minimum atomic E-state index is -1.20. The van der Waals surface area contributed by atoms with Crippen LogP contribution in [0.15, 0.2) is 53.0 Å². The zero-order chi connectivity index (χ0) is 26.7. The van der Waals surface area contributed by atoms with Gasteiger partial charge in [-0.05, 0) is 29.7 Å². The van der Waals surface area contributed by atoms with Crippen LogP contribution in [0.25, 0.3) is 0 Å². The molecule has 194 valence electrons. The second-order valence-electron chi connectivity index (χ2n) is 8.53. The average Bonchev–Trinajstić information content (AvgIpc) is 2.82. The summed E-state index contributed by atoms with van der Waals surface area (Å²) < 4.78 is 6.08. The first-order valence-electron chi connectivity index (χ1n) is 11.4. The summed E-state index contributed by atoms with van der Waals surface area (Å²) in [7, 11) is 1.51. The van der Waals surface area contributed by atoms with E-state index >= 15 is 0 Å². The molecule has 0 bridgehead atoms. The molecule has 0 aliphatic heterocycles. The number of hydrogen-bond acceptors (Lipinski definition) is 6. The predicted molar refractivity (Wildman–Crippen MR) is 143 cm³/mol. The predicted octanol–water partition coefficient (Wildman–Crippen LogP) is 3.60. The van der Waals surface area contributed by atoms with Gasteiger partial charge in [0.15, 0.2) is 5.78 Å². The standard InChI is InChI=1S/C26H31BrN2O6S/c1-16(2)25(29-23(31)12-18-11-19(27)9-10-22(18)35-3)26(34)28-20(13-24(32)33)21(30)15-36-14-17-7-5-4-6-8-17/h4-11,16,20,25H,12-15H2,1-3H3,(H,28,34)(H,29,31)(H,32,33). The Labute approximate surface area is 223 Å². The molecule has 0 saturated carbocycles. The van der Waals surface area contributed by atoms with Crippen LogP contribution in [0.3, 0.4) is 0 Å². The number of carbonyl (C=O) groups is 4. The molecule has 2 amide bonds. The fraction of sp³-hybridized carbons (Fsp3) is 0.385. The van der Waals surface area contributed by atoms with E-state index in [2.05, 4.69) is 26.6 Å². The smallest absolute Gasteiger partial charge is 0.305 e. The molecule has 0 aliphatic rings. The minimum absolute atomic E-state index is 0.0211. The van der Waals surface area contributed by atoms with Gasteiger partial charge in [-0.3, -0.25) is 19.2 Å². The van der Waals surface area contributed by atoms with Crippen LogP contribution in [-0.4, -0.2) is 53.6 Å². The van der Waals surface area contributed by atoms with Crippen molar-refractivity contribution in [2.45, 2.75) is 44.5 Å². The number of thioether (sulfide) groups is 1. The number of carboxylic acids is 1. The van der Waals surface area contributed by atoms with Crippen molar-refractivity contribution in [2.75, 3.05) is 12.9 Å². The van der Waals surface area contributed by atoms with Gasteiger partial charge in [-0.2, -0.15) is 0 Å². The Hall–Kier alpha value is -2.85. The molecule has 2 aromatic carbocycles. The lowest BCUT2D eigenvalue weighted by Crippen LogP contribution is -2.54. The number of ether oxygens (including phenoxy) is 1. The van der Waals surface area contributed by atoms with Crippen molar-refractivity contribution in [1.82, 2.24) is 10.6 Å². The molecular formula is C26H31BrN2O6S. The highest BCUT2D eigenvalue weighted by atomic mass is 79.9. The molecular weight excluding hydrogens is 548 g/mol. The Morgan fingerprint density at radius 2 is 1.75 bits per heavy atom. The van der Waals surface area contributed by atoms with E-state index < -0.39 is 36.3 Å². The first-order valence-corrected chi connectivity index (χ1v) is 13.3. The first-order chi connectivity index (χ1) is 17.1. The molecule has 3 N–H and O–H groups in total. The molecule has 2 atom stereocenters. The zero-order valence-electron chi connectivity index (χ0n) is 20.5. The highest BCUT2D eigenvalue weighted by molar-refractivity contribution is 9.10. The average molecular weight is 580 g/mol. The van der Waals surface area contributed by atoms with Gasteiger partial charge in [0.25, 0.3) is 0 Å². The van der Waals surface area contributed by atoms with Crippen LogP contribution < -0.4 is 15.4 Å². The van der Waals surface area contributed by atoms with Gasteiger partial charge in [-0.1, -0.05) is 60.1 Å². The Bertz CT molecular complexity index is 1060. The van der Waals surface area contributed by atoms with Crippen molar-refractivity contribution in [3.05, 3.63) is 64.1 Å². The Morgan fingerprint density at radius 1 is 1.06 bits per heavy atom. The lowest BCUT2D eigenvalue weighted by atomic mass is 10.0. The highest BCUT2D eigenvalue weighted by Gasteiger charge is 2.30. The van der Waals surface area contributed by atoms with Crippen LogP contribution in [0.1, 0.15) is 31.4 Å². The molecule has 0 saturated heterocycles. The monoisotopic (exact) mass is 578 g/mol. The van der Waals surface area contributed by atoms with Crippen LogP contribution in [-0.2, 0) is 31.4 Å². The van der Waals surface area contributed by atoms with E-state index in [-0.39, 0.29) is 23.9 Å². The summed E-state index contributed by atoms with van der Waals surface area (Å²) in [6.07, 6.45) is -0.558. The van der Waals surface area contributed by atoms with Gasteiger partial charge >= 0.3 is 5.97 Å². The quantitative estimate of drug-likeness (QED) is 0.313. The van der Waals surface area contributed by atoms with Crippen molar-refractivity contribution >= 4 is 51.3 Å². The lowest BCUT2D eigenvalue weighted by Gasteiger charge is -2.24. The van der Waals surface area contributed by atoms with Crippen LogP contribution in [0.5, 0.6) is 5.75 Å². The summed E-state index contributed by atoms with van der Waals surface area (Å²) in [6.45, 7) is 3.52. The number of nitrogens with one attached hydrogen (secondary N) is 2. The van der Waals surface area contributed by atoms with Crippen molar-refractivity contribution in [1.29, 1.82) is 0 Å². The molecule has 8 nitrogen and oxygen atoms in total. The third-order valence-electron chi connectivity index (χ3n) is 5.30. The number of carbonyl (C=O) groups excluding carboxylic acids is 3. The maximum absolute atomic E-state index is 13.0. The Balaban J connectivity index is 2.03. The van der Waals surface area contributed by atoms with Crippen LogP contribution in [0.2, 0.25) is 0 Å². The number of ketones is 1. The molecule has 0 radical (unpaired) electrons. The highest BCUT2D eigenvalue weighted by Crippen LogP contribution is 2.23. The number of hydrogen-bond donors (Lipinski definition) is 3. The number of carboxylic acid groups (broad SMARTS) is 1. The van der Waals surface area contributed by atoms with E-state index in [0.29, 0.717) is 17.1 Å². The minimum Gasteiger partial charge on any atom is -0.496 e. The zero-order valence-corrected chi connectivity index (χ0v) is 22.9. The van der Waals surface area contributed by atoms with Gasteiger partial charge in [-0.15, -0.1) is 11.8 Å². The van der Waals surface area contributed by atoms with E-state index in [1.807, 2.05) is 30.3 Å². The Morgan fingerprint density at radius 3 is 2.36 bits per heavy atom. The van der Waals surface area contributed by atoms with E-state index in [9.17, 15) is 24.3 Å². The molecule has 2 rings (SSSR count). The van der Waals surface area contributed by atoms with Crippen molar-refractivity contribution in [2.24, 2.45) is 5.92 Å². The van der Waals surface area contributed by atoms with Crippen LogP contribution in [0.4, 0.5) is 0 Å². The van der Waals surface area contributed by atoms with E-state index in [1.54, 1.807) is 32.0 Å². The lowest BCUT2D eigenvalue weighted by molar-refractivity contribution is -0.140. The molecule has 36 heavy (non-hydrogen) atoms. The molecule has 0 fully saturated rings. The van der Waals surface area contributed by atoms with E-state index in [0.717, 1.165) is 10.0 Å². The van der Waals surface area contributed by atoms with E-state index in [4.69, 9.17) is 4.74 Å². The van der Waals surface area contributed by atoms with Crippen molar-refractivity contribution < 1.29 is 29.0 Å². The molecule has 10 heteroatoms. The second-order valence-corrected chi connectivity index (χ2v) is 10.4. The maximum Gasteiger partial charge on any atom is 0.305 e. The van der Waals surface area contributed by atoms with Gasteiger partial charge < -0.3 is 20.5 Å². The number of methoxy groups -OCH3 is 1. The maximum atomic E-state index is 13.0. The number of benzene rings is 2. The molecule has 2 unspecified atom stereocenters. The molecule has 0 heterocycles. The van der Waals surface area contributed by atoms with Gasteiger partial charge in [0, 0.05) is 15.8 Å². The SMILES string of the molecule is COc1ccc(Br)cc1CC(=O)NC(C(=O)NC(CC(=O)O)C(=O)CSCc1ccccc1)C(C)C. The number of halogens is 1. The van der Waals surface area contributed by atoms with Gasteiger partial charge in [-0.25, -0.2) is 0 Å². The molecule has 0 spiro atoms. The summed E-state index contributed by atoms with van der Waals surface area (Å²) in [4.78, 5) is 49.9. The number of amides is 2. The number of aliphatic carboxylic acids is 1. The summed E-state index contributed by atoms with van der Waals surface area (Å²) in [5.41, 5.74) is 1.68. The summed E-state index contributed by atoms with van der Waals surface area (Å²) in [5, 5.41) is 14.5. The summed E-state index contributed by atoms with van der Waals surface area (Å²) >= 11 is 4.72. The van der Waals surface area contributed by atoms with Gasteiger partial charge in [0.05, 0.1) is 31.7 Å². The van der Waals surface area contributed by atoms with E-state index in [1.165, 1.54) is 18.9 Å². The normalized spacial score (nSPS) is 12.5. The summed E-state index contributed by atoms with van der Waals surface area (Å²) in [5.74, 6) is -1.72. The van der Waals surface area contributed by atoms with Gasteiger partial charge in [0.2, 0.25) is 11.8 Å².